The highest BCUT2D eigenvalue weighted by molar-refractivity contribution is 5.88. The lowest BCUT2D eigenvalue weighted by molar-refractivity contribution is -0.521. The third-order valence-corrected chi connectivity index (χ3v) is 9.31. The number of piperazine rings is 1. The summed E-state index contributed by atoms with van der Waals surface area (Å²) in [5.74, 6) is -0.123. The van der Waals surface area contributed by atoms with Crippen LogP contribution in [0.2, 0.25) is 0 Å². The van der Waals surface area contributed by atoms with Crippen LogP contribution in [0.3, 0.4) is 0 Å². The number of allylic oxidation sites excluding steroid dienone is 2. The first-order chi connectivity index (χ1) is 21.1. The van der Waals surface area contributed by atoms with Crippen molar-refractivity contribution in [2.45, 2.75) is 65.5 Å². The molecule has 1 unspecified atom stereocenters. The molecule has 0 spiro atoms. The minimum atomic E-state index is -0.238. The molecule has 0 bridgehead atoms. The number of aryl methyl sites for hydroxylation is 1. The lowest BCUT2D eigenvalue weighted by Gasteiger charge is -2.36. The van der Waals surface area contributed by atoms with Gasteiger partial charge >= 0.3 is 0 Å². The summed E-state index contributed by atoms with van der Waals surface area (Å²) in [4.78, 5) is 4.64. The largest absolute Gasteiger partial charge is 0.367 e. The van der Waals surface area contributed by atoms with Crippen LogP contribution in [-0.2, 0) is 12.0 Å². The standard InChI is InChI=1S/C40H51FN3/c1-9-13-35(11-3)42(8)23-22-37(36-15-12-14-33(10-2)31(36)5)40(6,7)34-19-17-32(18-20-34)29-43-24-26-44(27-25-43)39-21-16-30(4)28-38(39)41/h10-12,14-23,28,35H,2-3,9,13,24-27,29H2,1,4-8H3/q+1/b37-22+,42-23?. The van der Waals surface area contributed by atoms with E-state index in [-0.39, 0.29) is 11.2 Å². The van der Waals surface area contributed by atoms with Crippen LogP contribution in [0.15, 0.2) is 86.0 Å². The van der Waals surface area contributed by atoms with Gasteiger partial charge in [0.15, 0.2) is 12.3 Å². The fourth-order valence-electron chi connectivity index (χ4n) is 6.34. The van der Waals surface area contributed by atoms with E-state index in [4.69, 9.17) is 0 Å². The Kier molecular flexibility index (Phi) is 11.2. The zero-order chi connectivity index (χ0) is 31.9. The Balaban J connectivity index is 1.55. The predicted molar refractivity (Wildman–Crippen MR) is 188 cm³/mol. The molecule has 232 valence electrons. The maximum atomic E-state index is 14.5. The Labute approximate surface area is 265 Å². The van der Waals surface area contributed by atoms with Crippen molar-refractivity contribution in [3.05, 3.63) is 125 Å². The highest BCUT2D eigenvalue weighted by Crippen LogP contribution is 2.40. The first-order valence-corrected chi connectivity index (χ1v) is 16.0. The lowest BCUT2D eigenvalue weighted by Crippen LogP contribution is -2.46. The van der Waals surface area contributed by atoms with E-state index in [1.165, 1.54) is 27.8 Å². The molecule has 3 nitrogen and oxygen atoms in total. The van der Waals surface area contributed by atoms with E-state index in [0.717, 1.165) is 56.7 Å². The van der Waals surface area contributed by atoms with Crippen molar-refractivity contribution in [3.8, 4) is 0 Å². The van der Waals surface area contributed by atoms with Gasteiger partial charge in [0.1, 0.15) is 12.9 Å². The predicted octanol–water partition coefficient (Wildman–Crippen LogP) is 8.84. The van der Waals surface area contributed by atoms with Crippen LogP contribution in [0.1, 0.15) is 67.0 Å². The molecule has 1 heterocycles. The summed E-state index contributed by atoms with van der Waals surface area (Å²) in [5.41, 5.74) is 8.94. The smallest absolute Gasteiger partial charge is 0.170 e. The molecule has 3 aromatic rings. The highest BCUT2D eigenvalue weighted by Gasteiger charge is 2.29. The SMILES string of the molecule is C=Cc1cccc(/C(=C\C=[N+](C)C(C=C)CCC)C(C)(C)c2ccc(CN3CCN(c4ccc(C)cc4F)CC3)cc2)c1C. The molecule has 1 aliphatic rings. The first kappa shape index (κ1) is 33.1. The topological polar surface area (TPSA) is 9.49 Å². The molecule has 0 aromatic heterocycles. The molecule has 4 heteroatoms. The van der Waals surface area contributed by atoms with Crippen molar-refractivity contribution in [2.24, 2.45) is 0 Å². The van der Waals surface area contributed by atoms with Crippen LogP contribution < -0.4 is 4.90 Å². The third kappa shape index (κ3) is 7.65. The van der Waals surface area contributed by atoms with Crippen LogP contribution in [0.4, 0.5) is 10.1 Å². The van der Waals surface area contributed by atoms with Gasteiger partial charge in [-0.1, -0.05) is 88.5 Å². The average Bonchev–Trinajstić information content (AvgIpc) is 3.01. The van der Waals surface area contributed by atoms with Gasteiger partial charge in [0.25, 0.3) is 0 Å². The zero-order valence-corrected chi connectivity index (χ0v) is 27.7. The molecule has 4 rings (SSSR count). The number of anilines is 1. The van der Waals surface area contributed by atoms with Crippen LogP contribution in [0.25, 0.3) is 11.6 Å². The Morgan fingerprint density at radius 3 is 2.32 bits per heavy atom. The number of benzene rings is 3. The number of likely N-dealkylation sites (N-methyl/N-ethyl adjacent to an activating group) is 1. The van der Waals surface area contributed by atoms with Gasteiger partial charge < -0.3 is 4.90 Å². The third-order valence-electron chi connectivity index (χ3n) is 9.31. The van der Waals surface area contributed by atoms with E-state index in [2.05, 4.69) is 117 Å². The van der Waals surface area contributed by atoms with E-state index in [9.17, 15) is 4.39 Å². The highest BCUT2D eigenvalue weighted by atomic mass is 19.1. The number of hydrogen-bond donors (Lipinski definition) is 0. The summed E-state index contributed by atoms with van der Waals surface area (Å²) in [6.07, 6.45) is 10.7. The molecule has 1 fully saturated rings. The zero-order valence-electron chi connectivity index (χ0n) is 27.7. The van der Waals surface area contributed by atoms with Gasteiger partial charge in [0, 0.05) is 50.6 Å². The molecule has 3 aromatic carbocycles. The summed E-state index contributed by atoms with van der Waals surface area (Å²) >= 11 is 0. The molecular weight excluding hydrogens is 541 g/mol. The number of nitrogens with zero attached hydrogens (tertiary/aromatic N) is 3. The summed E-state index contributed by atoms with van der Waals surface area (Å²) in [5, 5.41) is 0. The van der Waals surface area contributed by atoms with Crippen molar-refractivity contribution >= 4 is 23.6 Å². The van der Waals surface area contributed by atoms with Gasteiger partial charge in [0.05, 0.1) is 5.69 Å². The summed E-state index contributed by atoms with van der Waals surface area (Å²) < 4.78 is 16.8. The lowest BCUT2D eigenvalue weighted by atomic mass is 9.73. The molecule has 0 N–H and O–H groups in total. The van der Waals surface area contributed by atoms with Gasteiger partial charge in [-0.2, -0.15) is 0 Å². The van der Waals surface area contributed by atoms with Gasteiger partial charge in [-0.15, -0.1) is 0 Å². The van der Waals surface area contributed by atoms with Crippen LogP contribution >= 0.6 is 0 Å². The van der Waals surface area contributed by atoms with Crippen molar-refractivity contribution in [1.82, 2.24) is 4.90 Å². The molecule has 0 amide bonds. The van der Waals surface area contributed by atoms with Gasteiger partial charge in [0.2, 0.25) is 0 Å². The Bertz CT molecular complexity index is 1500. The van der Waals surface area contributed by atoms with Gasteiger partial charge in [-0.05, 0) is 77.4 Å². The van der Waals surface area contributed by atoms with Crippen molar-refractivity contribution < 1.29 is 8.97 Å². The molecule has 0 aliphatic carbocycles. The van der Waals surface area contributed by atoms with Gasteiger partial charge in [-0.3, -0.25) is 4.90 Å². The number of hydrogen-bond acceptors (Lipinski definition) is 2. The molecular formula is C40H51FN3+. The minimum Gasteiger partial charge on any atom is -0.367 e. The van der Waals surface area contributed by atoms with Crippen molar-refractivity contribution in [1.29, 1.82) is 0 Å². The average molecular weight is 593 g/mol. The van der Waals surface area contributed by atoms with E-state index >= 15 is 0 Å². The second kappa shape index (κ2) is 14.8. The van der Waals surface area contributed by atoms with E-state index < -0.39 is 0 Å². The molecule has 1 atom stereocenters. The van der Waals surface area contributed by atoms with E-state index in [1.54, 1.807) is 6.07 Å². The normalized spacial score (nSPS) is 15.8. The number of rotatable bonds is 12. The van der Waals surface area contributed by atoms with Crippen LogP contribution in [0, 0.1) is 19.7 Å². The quantitative estimate of drug-likeness (QED) is 0.118. The van der Waals surface area contributed by atoms with Crippen LogP contribution in [0.5, 0.6) is 0 Å². The minimum absolute atomic E-state index is 0.123. The number of halogens is 1. The molecule has 0 saturated carbocycles. The van der Waals surface area contributed by atoms with E-state index in [1.807, 2.05) is 31.2 Å². The molecule has 44 heavy (non-hydrogen) atoms. The maximum Gasteiger partial charge on any atom is 0.170 e. The summed E-state index contributed by atoms with van der Waals surface area (Å²) in [6, 6.07) is 21.5. The van der Waals surface area contributed by atoms with Gasteiger partial charge in [-0.25, -0.2) is 8.97 Å². The second-order valence-corrected chi connectivity index (χ2v) is 12.8. The molecule has 1 aliphatic heterocycles. The Hall–Kier alpha value is -3.76. The fraction of sp³-hybridized carbons (Fsp3) is 0.375. The molecule has 0 radical (unpaired) electrons. The first-order valence-electron chi connectivity index (χ1n) is 16.0. The Morgan fingerprint density at radius 1 is 1.00 bits per heavy atom. The monoisotopic (exact) mass is 592 g/mol. The van der Waals surface area contributed by atoms with Crippen molar-refractivity contribution in [3.63, 3.8) is 0 Å². The summed E-state index contributed by atoms with van der Waals surface area (Å²) in [7, 11) is 2.14. The summed E-state index contributed by atoms with van der Waals surface area (Å²) in [6.45, 7) is 23.5. The molecule has 1 saturated heterocycles. The fourth-order valence-corrected chi connectivity index (χ4v) is 6.34. The van der Waals surface area contributed by atoms with E-state index in [0.29, 0.717) is 11.7 Å². The van der Waals surface area contributed by atoms with Crippen molar-refractivity contribution in [2.75, 3.05) is 38.1 Å². The van der Waals surface area contributed by atoms with Crippen LogP contribution in [-0.4, -0.2) is 55.0 Å². The maximum absolute atomic E-state index is 14.5. The Morgan fingerprint density at radius 2 is 1.70 bits per heavy atom. The second-order valence-electron chi connectivity index (χ2n) is 12.8.